The maximum atomic E-state index is 13.9. The average molecular weight is 612 g/mol. The molecule has 1 aliphatic rings. The lowest BCUT2D eigenvalue weighted by Gasteiger charge is -2.44. The summed E-state index contributed by atoms with van der Waals surface area (Å²) in [5.41, 5.74) is -0.149. The second kappa shape index (κ2) is 13.0. The maximum absolute atomic E-state index is 13.9. The van der Waals surface area contributed by atoms with Gasteiger partial charge < -0.3 is 18.9 Å². The zero-order valence-corrected chi connectivity index (χ0v) is 23.8. The SMILES string of the molecule is CC(=O)OCC1OC(Sc2ccc(Cl)c(Cl)c2)C(OC(C)=O)C(n2cc(-c3cccc(F)c3)nn2)C1OC(C)=O. The molecule has 0 spiro atoms. The van der Waals surface area contributed by atoms with Crippen LogP contribution < -0.4 is 0 Å². The predicted octanol–water partition coefficient (Wildman–Crippen LogP) is 4.88. The first-order chi connectivity index (χ1) is 19.0. The summed E-state index contributed by atoms with van der Waals surface area (Å²) in [5.74, 6) is -2.34. The van der Waals surface area contributed by atoms with Gasteiger partial charge in [0, 0.05) is 31.2 Å². The summed E-state index contributed by atoms with van der Waals surface area (Å²) in [4.78, 5) is 36.8. The molecule has 0 bridgehead atoms. The van der Waals surface area contributed by atoms with Gasteiger partial charge >= 0.3 is 17.9 Å². The van der Waals surface area contributed by atoms with Crippen LogP contribution in [0.5, 0.6) is 0 Å². The zero-order chi connectivity index (χ0) is 29.0. The number of esters is 3. The standard InChI is InChI=1S/C26H24Cl2FN3O7S/c1-13(33)36-12-22-24(37-14(2)34)23(32-11-21(30-31-32)16-5-4-6-17(29)9-16)25(38-15(3)35)26(39-22)40-18-7-8-19(27)20(28)10-18/h4-11,22-26H,12H2,1-3H3. The summed E-state index contributed by atoms with van der Waals surface area (Å²) < 4.78 is 38.1. The number of benzene rings is 2. The number of carbonyl (C=O) groups excluding carboxylic acids is 3. The zero-order valence-electron chi connectivity index (χ0n) is 21.5. The lowest BCUT2D eigenvalue weighted by Crippen LogP contribution is -2.57. The Kier molecular flexibility index (Phi) is 9.67. The van der Waals surface area contributed by atoms with Crippen LogP contribution >= 0.6 is 35.0 Å². The van der Waals surface area contributed by atoms with Crippen molar-refractivity contribution in [3.05, 3.63) is 64.5 Å². The monoisotopic (exact) mass is 611 g/mol. The maximum Gasteiger partial charge on any atom is 0.303 e. The third kappa shape index (κ3) is 7.30. The van der Waals surface area contributed by atoms with Crippen molar-refractivity contribution in [2.75, 3.05) is 6.61 Å². The molecule has 0 aliphatic carbocycles. The molecule has 40 heavy (non-hydrogen) atoms. The molecule has 10 nitrogen and oxygen atoms in total. The number of halogens is 3. The average Bonchev–Trinajstić information content (AvgIpc) is 3.36. The Bertz CT molecular complexity index is 1410. The highest BCUT2D eigenvalue weighted by Crippen LogP contribution is 2.42. The molecule has 4 rings (SSSR count). The van der Waals surface area contributed by atoms with E-state index in [2.05, 4.69) is 10.3 Å². The number of aromatic nitrogens is 3. The molecule has 1 aromatic heterocycles. The van der Waals surface area contributed by atoms with E-state index in [0.29, 0.717) is 26.2 Å². The molecule has 1 saturated heterocycles. The van der Waals surface area contributed by atoms with Gasteiger partial charge in [0.25, 0.3) is 0 Å². The second-order valence-electron chi connectivity index (χ2n) is 8.77. The van der Waals surface area contributed by atoms with Crippen LogP contribution in [0, 0.1) is 5.82 Å². The predicted molar refractivity (Wildman–Crippen MR) is 143 cm³/mol. The van der Waals surface area contributed by atoms with E-state index >= 15 is 0 Å². The minimum atomic E-state index is -1.13. The van der Waals surface area contributed by atoms with Crippen LogP contribution in [0.1, 0.15) is 26.8 Å². The molecule has 14 heteroatoms. The number of hydrogen-bond acceptors (Lipinski definition) is 10. The molecule has 2 heterocycles. The molecule has 5 atom stereocenters. The van der Waals surface area contributed by atoms with Crippen LogP contribution in [0.4, 0.5) is 4.39 Å². The molecule has 0 N–H and O–H groups in total. The van der Waals surface area contributed by atoms with Gasteiger partial charge in [-0.15, -0.1) is 5.10 Å². The molecule has 0 saturated carbocycles. The number of ether oxygens (including phenoxy) is 4. The second-order valence-corrected chi connectivity index (χ2v) is 10.8. The Labute approximate surface area is 243 Å². The van der Waals surface area contributed by atoms with Gasteiger partial charge in [0.15, 0.2) is 12.2 Å². The fourth-order valence-electron chi connectivity index (χ4n) is 4.17. The number of rotatable bonds is 8. The number of carbonyl (C=O) groups is 3. The summed E-state index contributed by atoms with van der Waals surface area (Å²) in [5, 5.41) is 9.01. The normalized spacial score (nSPS) is 22.4. The molecule has 1 aliphatic heterocycles. The van der Waals surface area contributed by atoms with Crippen LogP contribution in [0.25, 0.3) is 11.3 Å². The first-order valence-electron chi connectivity index (χ1n) is 11.9. The van der Waals surface area contributed by atoms with Crippen molar-refractivity contribution in [3.63, 3.8) is 0 Å². The third-order valence-corrected chi connectivity index (χ3v) is 7.63. The highest BCUT2D eigenvalue weighted by molar-refractivity contribution is 7.99. The molecule has 0 radical (unpaired) electrons. The quantitative estimate of drug-likeness (QED) is 0.257. The summed E-state index contributed by atoms with van der Waals surface area (Å²) in [6, 6.07) is 9.71. The Morgan fingerprint density at radius 1 is 1.00 bits per heavy atom. The van der Waals surface area contributed by atoms with Crippen molar-refractivity contribution < 1.29 is 37.7 Å². The Balaban J connectivity index is 1.80. The number of nitrogens with zero attached hydrogens (tertiary/aromatic N) is 3. The van der Waals surface area contributed by atoms with E-state index in [1.54, 1.807) is 24.3 Å². The van der Waals surface area contributed by atoms with Gasteiger partial charge in [-0.3, -0.25) is 14.4 Å². The van der Waals surface area contributed by atoms with Gasteiger partial charge in [-0.05, 0) is 30.3 Å². The number of hydrogen-bond donors (Lipinski definition) is 0. The third-order valence-electron chi connectivity index (χ3n) is 5.75. The van der Waals surface area contributed by atoms with Crippen molar-refractivity contribution >= 4 is 52.9 Å². The van der Waals surface area contributed by atoms with Gasteiger partial charge in [-0.25, -0.2) is 9.07 Å². The Hall–Kier alpha value is -3.19. The fraction of sp³-hybridized carbons (Fsp3) is 0.346. The minimum Gasteiger partial charge on any atom is -0.463 e. The summed E-state index contributed by atoms with van der Waals surface area (Å²) in [6.45, 7) is 3.38. The van der Waals surface area contributed by atoms with E-state index in [-0.39, 0.29) is 6.61 Å². The summed E-state index contributed by atoms with van der Waals surface area (Å²) in [7, 11) is 0. The van der Waals surface area contributed by atoms with Gasteiger partial charge in [0.05, 0.1) is 16.2 Å². The van der Waals surface area contributed by atoms with Crippen LogP contribution in [-0.2, 0) is 33.3 Å². The van der Waals surface area contributed by atoms with E-state index in [4.69, 9.17) is 42.1 Å². The smallest absolute Gasteiger partial charge is 0.303 e. The van der Waals surface area contributed by atoms with Gasteiger partial charge in [0.1, 0.15) is 35.7 Å². The molecular weight excluding hydrogens is 588 g/mol. The molecule has 3 aromatic rings. The fourth-order valence-corrected chi connectivity index (χ4v) is 5.68. The van der Waals surface area contributed by atoms with E-state index < -0.39 is 53.5 Å². The van der Waals surface area contributed by atoms with Crippen molar-refractivity contribution in [1.29, 1.82) is 0 Å². The molecule has 1 fully saturated rings. The molecule has 2 aromatic carbocycles. The topological polar surface area (TPSA) is 119 Å². The highest BCUT2D eigenvalue weighted by Gasteiger charge is 2.52. The van der Waals surface area contributed by atoms with Crippen molar-refractivity contribution in [2.24, 2.45) is 0 Å². The van der Waals surface area contributed by atoms with Crippen molar-refractivity contribution in [2.45, 2.75) is 55.5 Å². The lowest BCUT2D eigenvalue weighted by atomic mass is 9.96. The van der Waals surface area contributed by atoms with Crippen LogP contribution in [0.2, 0.25) is 10.0 Å². The summed E-state index contributed by atoms with van der Waals surface area (Å²) in [6.07, 6.45) is -1.70. The Morgan fingerprint density at radius 2 is 1.73 bits per heavy atom. The van der Waals surface area contributed by atoms with E-state index in [9.17, 15) is 18.8 Å². The lowest BCUT2D eigenvalue weighted by molar-refractivity contribution is -0.212. The molecule has 5 unspecified atom stereocenters. The van der Waals surface area contributed by atoms with Gasteiger partial charge in [-0.2, -0.15) is 0 Å². The van der Waals surface area contributed by atoms with E-state index in [0.717, 1.165) is 0 Å². The van der Waals surface area contributed by atoms with Crippen molar-refractivity contribution in [3.8, 4) is 11.3 Å². The molecule has 212 valence electrons. The van der Waals surface area contributed by atoms with Gasteiger partial charge in [-0.1, -0.05) is 52.3 Å². The highest BCUT2D eigenvalue weighted by atomic mass is 35.5. The van der Waals surface area contributed by atoms with E-state index in [1.165, 1.54) is 61.6 Å². The van der Waals surface area contributed by atoms with Crippen LogP contribution in [0.3, 0.4) is 0 Å². The van der Waals surface area contributed by atoms with Crippen LogP contribution in [0.15, 0.2) is 53.6 Å². The number of thioether (sulfide) groups is 1. The molecular formula is C26H24Cl2FN3O7S. The first-order valence-corrected chi connectivity index (χ1v) is 13.6. The van der Waals surface area contributed by atoms with E-state index in [1.807, 2.05) is 0 Å². The Morgan fingerprint density at radius 3 is 2.38 bits per heavy atom. The first kappa shape index (κ1) is 29.8. The summed E-state index contributed by atoms with van der Waals surface area (Å²) >= 11 is 13.4. The van der Waals surface area contributed by atoms with Gasteiger partial charge in [0.2, 0.25) is 0 Å². The minimum absolute atomic E-state index is 0.277. The molecule has 0 amide bonds. The van der Waals surface area contributed by atoms with Crippen molar-refractivity contribution in [1.82, 2.24) is 15.0 Å². The largest absolute Gasteiger partial charge is 0.463 e. The van der Waals surface area contributed by atoms with Crippen LogP contribution in [-0.4, -0.2) is 63.3 Å².